The van der Waals surface area contributed by atoms with Crippen LogP contribution in [0.1, 0.15) is 58.2 Å². The van der Waals surface area contributed by atoms with Crippen LogP contribution < -0.4 is 10.6 Å². The van der Waals surface area contributed by atoms with Crippen molar-refractivity contribution in [3.63, 3.8) is 0 Å². The zero-order valence-corrected chi connectivity index (χ0v) is 16.5. The summed E-state index contributed by atoms with van der Waals surface area (Å²) < 4.78 is 5.32. The van der Waals surface area contributed by atoms with Crippen LogP contribution in [0.2, 0.25) is 0 Å². The van der Waals surface area contributed by atoms with Crippen LogP contribution in [0.25, 0.3) is 11.6 Å². The molecule has 7 nitrogen and oxygen atoms in total. The Kier molecular flexibility index (Phi) is 7.30. The van der Waals surface area contributed by atoms with Gasteiger partial charge in [-0.3, -0.25) is 10.1 Å². The molecular formula is C20H32N6O. The predicted molar refractivity (Wildman–Crippen MR) is 108 cm³/mol. The van der Waals surface area contributed by atoms with Gasteiger partial charge in [-0.1, -0.05) is 19.8 Å². The molecule has 3 rings (SSSR count). The summed E-state index contributed by atoms with van der Waals surface area (Å²) in [6.45, 7) is 5.91. The van der Waals surface area contributed by atoms with Crippen molar-refractivity contribution in [2.75, 3.05) is 13.1 Å². The zero-order valence-electron chi connectivity index (χ0n) is 16.5. The maximum Gasteiger partial charge on any atom is 0.216 e. The molecule has 3 N–H and O–H groups in total. The molecule has 1 aliphatic carbocycles. The highest BCUT2D eigenvalue weighted by Gasteiger charge is 2.21. The molecule has 0 aromatic carbocycles. The van der Waals surface area contributed by atoms with Crippen molar-refractivity contribution >= 4 is 5.96 Å². The van der Waals surface area contributed by atoms with Gasteiger partial charge in [0.05, 0.1) is 6.26 Å². The van der Waals surface area contributed by atoms with Crippen molar-refractivity contribution in [3.8, 4) is 11.6 Å². The zero-order chi connectivity index (χ0) is 18.9. The highest BCUT2D eigenvalue weighted by Crippen LogP contribution is 2.27. The number of rotatable bonds is 8. The van der Waals surface area contributed by atoms with Crippen molar-refractivity contribution in [1.29, 1.82) is 0 Å². The number of nitrogens with one attached hydrogen (secondary N) is 3. The van der Waals surface area contributed by atoms with Gasteiger partial charge in [-0.05, 0) is 50.7 Å². The van der Waals surface area contributed by atoms with E-state index in [0.717, 1.165) is 24.2 Å². The van der Waals surface area contributed by atoms with Crippen molar-refractivity contribution in [2.45, 2.75) is 64.8 Å². The van der Waals surface area contributed by atoms with Crippen LogP contribution in [-0.2, 0) is 6.42 Å². The first-order valence-corrected chi connectivity index (χ1v) is 10.3. The molecule has 0 unspecified atom stereocenters. The van der Waals surface area contributed by atoms with Gasteiger partial charge in [0.1, 0.15) is 5.82 Å². The first-order valence-electron chi connectivity index (χ1n) is 10.3. The summed E-state index contributed by atoms with van der Waals surface area (Å²) >= 11 is 0. The van der Waals surface area contributed by atoms with Crippen molar-refractivity contribution in [1.82, 2.24) is 25.8 Å². The Balaban J connectivity index is 1.47. The molecule has 0 atom stereocenters. The van der Waals surface area contributed by atoms with E-state index in [9.17, 15) is 0 Å². The summed E-state index contributed by atoms with van der Waals surface area (Å²) in [5.41, 5.74) is 0. The molecule has 148 valence electrons. The number of guanidine groups is 1. The Hall–Kier alpha value is -2.31. The number of hydrogen-bond acceptors (Lipinski definition) is 4. The Labute approximate surface area is 161 Å². The summed E-state index contributed by atoms with van der Waals surface area (Å²) in [6.07, 6.45) is 10.2. The monoisotopic (exact) mass is 372 g/mol. The maximum absolute atomic E-state index is 5.32. The van der Waals surface area contributed by atoms with Gasteiger partial charge in [-0.2, -0.15) is 5.10 Å². The van der Waals surface area contributed by atoms with E-state index in [2.05, 4.69) is 39.7 Å². The van der Waals surface area contributed by atoms with Crippen molar-refractivity contribution < 1.29 is 4.42 Å². The van der Waals surface area contributed by atoms with E-state index in [1.165, 1.54) is 38.5 Å². The molecule has 0 aliphatic heterocycles. The number of nitrogens with zero attached hydrogens (tertiary/aromatic N) is 3. The smallest absolute Gasteiger partial charge is 0.216 e. The van der Waals surface area contributed by atoms with Gasteiger partial charge in [-0.15, -0.1) is 0 Å². The summed E-state index contributed by atoms with van der Waals surface area (Å²) in [4.78, 5) is 9.18. The van der Waals surface area contributed by atoms with Gasteiger partial charge >= 0.3 is 0 Å². The van der Waals surface area contributed by atoms with Crippen LogP contribution in [0.15, 0.2) is 27.8 Å². The predicted octanol–water partition coefficient (Wildman–Crippen LogP) is 3.52. The molecule has 0 amide bonds. The quantitative estimate of drug-likeness (QED) is 0.487. The lowest BCUT2D eigenvalue weighted by Gasteiger charge is -2.30. The minimum Gasteiger partial charge on any atom is -0.461 e. The Morgan fingerprint density at radius 2 is 2.15 bits per heavy atom. The standard InChI is InChI=1S/C20H32N6O/c1-3-6-15-8-10-16(11-9-15)23-20(21-4-2)22-13-12-18-24-19(26-25-18)17-7-5-14-27-17/h5,7,14-16H,3-4,6,8-13H2,1-2H3,(H2,21,22,23)(H,24,25,26). The molecule has 0 saturated heterocycles. The first-order chi connectivity index (χ1) is 13.3. The van der Waals surface area contributed by atoms with E-state index in [1.807, 2.05) is 12.1 Å². The van der Waals surface area contributed by atoms with Crippen LogP contribution in [0.5, 0.6) is 0 Å². The lowest BCUT2D eigenvalue weighted by Crippen LogP contribution is -2.45. The summed E-state index contributed by atoms with van der Waals surface area (Å²) in [6, 6.07) is 4.22. The number of hydrogen-bond donors (Lipinski definition) is 3. The van der Waals surface area contributed by atoms with E-state index >= 15 is 0 Å². The van der Waals surface area contributed by atoms with Crippen LogP contribution in [-0.4, -0.2) is 40.3 Å². The van der Waals surface area contributed by atoms with E-state index in [0.29, 0.717) is 30.6 Å². The molecule has 1 aliphatic rings. The van der Waals surface area contributed by atoms with Gasteiger partial charge in [0.15, 0.2) is 11.7 Å². The fourth-order valence-electron chi connectivity index (χ4n) is 3.71. The van der Waals surface area contributed by atoms with Gasteiger partial charge in [0.2, 0.25) is 5.82 Å². The molecule has 2 aromatic rings. The average Bonchev–Trinajstić information content (AvgIpc) is 3.35. The maximum atomic E-state index is 5.32. The Morgan fingerprint density at radius 3 is 2.85 bits per heavy atom. The number of aromatic amines is 1. The lowest BCUT2D eigenvalue weighted by atomic mass is 9.83. The Morgan fingerprint density at radius 1 is 1.30 bits per heavy atom. The first kappa shape index (κ1) is 19.5. The molecular weight excluding hydrogens is 340 g/mol. The van der Waals surface area contributed by atoms with Crippen LogP contribution >= 0.6 is 0 Å². The third kappa shape index (κ3) is 5.84. The second-order valence-electron chi connectivity index (χ2n) is 7.24. The van der Waals surface area contributed by atoms with Crippen LogP contribution in [0, 0.1) is 5.92 Å². The number of H-pyrrole nitrogens is 1. The van der Waals surface area contributed by atoms with Crippen LogP contribution in [0.3, 0.4) is 0 Å². The molecule has 2 aromatic heterocycles. The molecule has 1 saturated carbocycles. The van der Waals surface area contributed by atoms with E-state index in [-0.39, 0.29) is 0 Å². The molecule has 27 heavy (non-hydrogen) atoms. The molecule has 1 fully saturated rings. The second-order valence-corrected chi connectivity index (χ2v) is 7.24. The topological polar surface area (TPSA) is 91.1 Å². The molecule has 0 radical (unpaired) electrons. The molecule has 2 heterocycles. The minimum atomic E-state index is 0.534. The van der Waals surface area contributed by atoms with Crippen molar-refractivity contribution in [2.24, 2.45) is 10.9 Å². The molecule has 0 bridgehead atoms. The third-order valence-electron chi connectivity index (χ3n) is 5.12. The molecule has 0 spiro atoms. The largest absolute Gasteiger partial charge is 0.461 e. The summed E-state index contributed by atoms with van der Waals surface area (Å²) in [5.74, 6) is 3.91. The second kappa shape index (κ2) is 10.1. The van der Waals surface area contributed by atoms with Gasteiger partial charge in [0, 0.05) is 25.6 Å². The van der Waals surface area contributed by atoms with E-state index in [1.54, 1.807) is 6.26 Å². The SMILES string of the molecule is CCCC1CCC(NC(=NCCc2nc(-c3ccco3)n[nH]2)NCC)CC1. The minimum absolute atomic E-state index is 0.534. The normalized spacial score (nSPS) is 20.6. The highest BCUT2D eigenvalue weighted by atomic mass is 16.3. The summed E-state index contributed by atoms with van der Waals surface area (Å²) in [7, 11) is 0. The van der Waals surface area contributed by atoms with Gasteiger partial charge in [0.25, 0.3) is 0 Å². The average molecular weight is 373 g/mol. The number of aliphatic imine (C=N–C) groups is 1. The molecule has 7 heteroatoms. The van der Waals surface area contributed by atoms with Gasteiger partial charge in [-0.25, -0.2) is 4.98 Å². The lowest BCUT2D eigenvalue weighted by molar-refractivity contribution is 0.295. The van der Waals surface area contributed by atoms with E-state index < -0.39 is 0 Å². The summed E-state index contributed by atoms with van der Waals surface area (Å²) in [5, 5.41) is 14.1. The fraction of sp³-hybridized carbons (Fsp3) is 0.650. The van der Waals surface area contributed by atoms with Crippen LogP contribution in [0.4, 0.5) is 0 Å². The fourth-order valence-corrected chi connectivity index (χ4v) is 3.71. The third-order valence-corrected chi connectivity index (χ3v) is 5.12. The highest BCUT2D eigenvalue weighted by molar-refractivity contribution is 5.80. The number of furan rings is 1. The van der Waals surface area contributed by atoms with Gasteiger partial charge < -0.3 is 15.1 Å². The Bertz CT molecular complexity index is 685. The van der Waals surface area contributed by atoms with Crippen molar-refractivity contribution in [3.05, 3.63) is 24.2 Å². The van der Waals surface area contributed by atoms with E-state index in [4.69, 9.17) is 9.41 Å². The number of aromatic nitrogens is 3.